The average Bonchev–Trinajstić information content (AvgIpc) is 2.65. The van der Waals surface area contributed by atoms with Crippen molar-refractivity contribution in [2.24, 2.45) is 13.0 Å². The Bertz CT molecular complexity index is 538. The highest BCUT2D eigenvalue weighted by molar-refractivity contribution is 6.30. The van der Waals surface area contributed by atoms with Crippen LogP contribution in [0.3, 0.4) is 0 Å². The smallest absolute Gasteiger partial charge is 0.157 e. The summed E-state index contributed by atoms with van der Waals surface area (Å²) in [6, 6.07) is 0. The molecule has 0 bridgehead atoms. The molecule has 2 unspecified atom stereocenters. The van der Waals surface area contributed by atoms with Gasteiger partial charge in [-0.2, -0.15) is 5.10 Å². The van der Waals surface area contributed by atoms with Crippen LogP contribution in [0.4, 0.5) is 0 Å². The Morgan fingerprint density at radius 2 is 2.19 bits per heavy atom. The SMILES string of the molecule is Cc1nn(C)c(Cl)c1CC(=O)C1(N(C)C)CCCC(C)C1. The molecule has 1 heterocycles. The minimum atomic E-state index is -0.344. The van der Waals surface area contributed by atoms with Gasteiger partial charge in [-0.1, -0.05) is 31.4 Å². The molecule has 0 amide bonds. The number of hydrogen-bond acceptors (Lipinski definition) is 3. The summed E-state index contributed by atoms with van der Waals surface area (Å²) in [6.07, 6.45) is 4.60. The van der Waals surface area contributed by atoms with E-state index in [0.717, 1.165) is 30.5 Å². The number of hydrogen-bond donors (Lipinski definition) is 0. The molecule has 1 aliphatic carbocycles. The normalized spacial score (nSPS) is 26.3. The van der Waals surface area contributed by atoms with Crippen molar-refractivity contribution in [2.45, 2.75) is 51.5 Å². The Labute approximate surface area is 132 Å². The molecule has 5 heteroatoms. The van der Waals surface area contributed by atoms with Crippen LogP contribution >= 0.6 is 11.6 Å². The van der Waals surface area contributed by atoms with Crippen LogP contribution in [0.15, 0.2) is 0 Å². The molecular weight excluding hydrogens is 286 g/mol. The molecular formula is C16H26ClN3O. The zero-order valence-electron chi connectivity index (χ0n) is 13.7. The summed E-state index contributed by atoms with van der Waals surface area (Å²) in [5.41, 5.74) is 1.39. The van der Waals surface area contributed by atoms with Crippen molar-refractivity contribution in [3.8, 4) is 0 Å². The zero-order chi connectivity index (χ0) is 15.8. The number of halogens is 1. The minimum Gasteiger partial charge on any atom is -0.297 e. The van der Waals surface area contributed by atoms with Gasteiger partial charge < -0.3 is 0 Å². The first-order valence-electron chi connectivity index (χ1n) is 7.66. The van der Waals surface area contributed by atoms with Gasteiger partial charge in [-0.25, -0.2) is 0 Å². The lowest BCUT2D eigenvalue weighted by Gasteiger charge is -2.44. The Morgan fingerprint density at radius 3 is 2.67 bits per heavy atom. The minimum absolute atomic E-state index is 0.275. The molecule has 1 fully saturated rings. The molecule has 0 aliphatic heterocycles. The molecule has 0 aromatic carbocycles. The number of carbonyl (C=O) groups excluding carboxylic acids is 1. The number of ketones is 1. The summed E-state index contributed by atoms with van der Waals surface area (Å²) >= 11 is 6.29. The first kappa shape index (κ1) is 16.5. The molecule has 1 aromatic rings. The molecule has 2 rings (SSSR count). The van der Waals surface area contributed by atoms with E-state index in [1.807, 2.05) is 28.1 Å². The van der Waals surface area contributed by atoms with E-state index in [9.17, 15) is 4.79 Å². The largest absolute Gasteiger partial charge is 0.297 e. The standard InChI is InChI=1S/C16H26ClN3O/c1-11-7-6-8-16(10-11,19(3)4)14(21)9-13-12(2)18-20(5)15(13)17/h11H,6-10H2,1-5H3. The van der Waals surface area contributed by atoms with Crippen molar-refractivity contribution in [3.05, 3.63) is 16.4 Å². The van der Waals surface area contributed by atoms with E-state index in [2.05, 4.69) is 16.9 Å². The zero-order valence-corrected chi connectivity index (χ0v) is 14.5. The molecule has 2 atom stereocenters. The second-order valence-corrected chi connectivity index (χ2v) is 7.06. The summed E-state index contributed by atoms with van der Waals surface area (Å²) in [6.45, 7) is 4.16. The van der Waals surface area contributed by atoms with Crippen LogP contribution in [-0.4, -0.2) is 40.1 Å². The number of carbonyl (C=O) groups is 1. The van der Waals surface area contributed by atoms with Gasteiger partial charge in [-0.15, -0.1) is 0 Å². The summed E-state index contributed by atoms with van der Waals surface area (Å²) in [5, 5.41) is 4.89. The topological polar surface area (TPSA) is 38.1 Å². The molecule has 0 saturated heterocycles. The van der Waals surface area contributed by atoms with E-state index in [0.29, 0.717) is 17.5 Å². The van der Waals surface area contributed by atoms with Crippen LogP contribution in [0, 0.1) is 12.8 Å². The first-order valence-corrected chi connectivity index (χ1v) is 8.04. The number of nitrogens with zero attached hydrogens (tertiary/aromatic N) is 3. The Morgan fingerprint density at radius 1 is 1.52 bits per heavy atom. The third-order valence-electron chi connectivity index (χ3n) is 4.96. The van der Waals surface area contributed by atoms with Gasteiger partial charge in [0.05, 0.1) is 11.2 Å². The third-order valence-corrected chi connectivity index (χ3v) is 5.43. The van der Waals surface area contributed by atoms with E-state index < -0.39 is 0 Å². The second kappa shape index (κ2) is 6.09. The quantitative estimate of drug-likeness (QED) is 0.858. The van der Waals surface area contributed by atoms with Crippen LogP contribution in [0.1, 0.15) is 43.9 Å². The van der Waals surface area contributed by atoms with E-state index in [-0.39, 0.29) is 11.3 Å². The molecule has 21 heavy (non-hydrogen) atoms. The lowest BCUT2D eigenvalue weighted by Crippen LogP contribution is -2.54. The van der Waals surface area contributed by atoms with E-state index in [1.54, 1.807) is 4.68 Å². The maximum atomic E-state index is 13.1. The van der Waals surface area contributed by atoms with E-state index >= 15 is 0 Å². The third kappa shape index (κ3) is 3.02. The van der Waals surface area contributed by atoms with Gasteiger partial charge in [0.25, 0.3) is 0 Å². The van der Waals surface area contributed by atoms with E-state index in [4.69, 9.17) is 11.6 Å². The van der Waals surface area contributed by atoms with Crippen LogP contribution in [-0.2, 0) is 18.3 Å². The van der Waals surface area contributed by atoms with Crippen LogP contribution in [0.25, 0.3) is 0 Å². The van der Waals surface area contributed by atoms with Gasteiger partial charge >= 0.3 is 0 Å². The Kier molecular flexibility index (Phi) is 4.79. The predicted octanol–water partition coefficient (Wildman–Crippen LogP) is 3.00. The second-order valence-electron chi connectivity index (χ2n) is 6.71. The molecule has 118 valence electrons. The highest BCUT2D eigenvalue weighted by Gasteiger charge is 2.43. The summed E-state index contributed by atoms with van der Waals surface area (Å²) in [4.78, 5) is 15.2. The first-order chi connectivity index (χ1) is 9.78. The van der Waals surface area contributed by atoms with Crippen molar-refractivity contribution in [1.29, 1.82) is 0 Å². The van der Waals surface area contributed by atoms with Crippen molar-refractivity contribution < 1.29 is 4.79 Å². The van der Waals surface area contributed by atoms with Crippen LogP contribution < -0.4 is 0 Å². The average molecular weight is 312 g/mol. The van der Waals surface area contributed by atoms with Gasteiger partial charge in [0.2, 0.25) is 0 Å². The fraction of sp³-hybridized carbons (Fsp3) is 0.750. The molecule has 1 saturated carbocycles. The number of likely N-dealkylation sites (N-methyl/N-ethyl adjacent to an activating group) is 1. The lowest BCUT2D eigenvalue weighted by molar-refractivity contribution is -0.132. The summed E-state index contributed by atoms with van der Waals surface area (Å²) < 4.78 is 1.64. The van der Waals surface area contributed by atoms with Gasteiger partial charge in [-0.3, -0.25) is 14.4 Å². The predicted molar refractivity (Wildman–Crippen MR) is 85.7 cm³/mol. The van der Waals surface area contributed by atoms with E-state index in [1.165, 1.54) is 6.42 Å². The van der Waals surface area contributed by atoms with Crippen LogP contribution in [0.5, 0.6) is 0 Å². The maximum Gasteiger partial charge on any atom is 0.157 e. The number of rotatable bonds is 4. The Balaban J connectivity index is 2.27. The van der Waals surface area contributed by atoms with Gasteiger partial charge in [0.15, 0.2) is 5.78 Å². The molecule has 1 aliphatic rings. The van der Waals surface area contributed by atoms with Crippen molar-refractivity contribution >= 4 is 17.4 Å². The summed E-state index contributed by atoms with van der Waals surface area (Å²) in [5.74, 6) is 0.868. The monoisotopic (exact) mass is 311 g/mol. The highest BCUT2D eigenvalue weighted by Crippen LogP contribution is 2.37. The molecule has 0 spiro atoms. The maximum absolute atomic E-state index is 13.1. The number of aromatic nitrogens is 2. The van der Waals surface area contributed by atoms with Gasteiger partial charge in [0.1, 0.15) is 5.15 Å². The van der Waals surface area contributed by atoms with Crippen molar-refractivity contribution in [3.63, 3.8) is 0 Å². The molecule has 4 nitrogen and oxygen atoms in total. The number of aryl methyl sites for hydroxylation is 2. The van der Waals surface area contributed by atoms with Crippen molar-refractivity contribution in [1.82, 2.24) is 14.7 Å². The lowest BCUT2D eigenvalue weighted by atomic mass is 9.72. The Hall–Kier alpha value is -0.870. The van der Waals surface area contributed by atoms with Crippen molar-refractivity contribution in [2.75, 3.05) is 14.1 Å². The molecule has 0 N–H and O–H groups in total. The molecule has 0 radical (unpaired) electrons. The highest BCUT2D eigenvalue weighted by atomic mass is 35.5. The molecule has 1 aromatic heterocycles. The number of Topliss-reactive ketones (excluding diaryl/α,β-unsaturated/α-hetero) is 1. The van der Waals surface area contributed by atoms with Crippen LogP contribution in [0.2, 0.25) is 5.15 Å². The van der Waals surface area contributed by atoms with Gasteiger partial charge in [-0.05, 0) is 39.8 Å². The summed E-state index contributed by atoms with van der Waals surface area (Å²) in [7, 11) is 5.86. The fourth-order valence-corrected chi connectivity index (χ4v) is 3.87. The van der Waals surface area contributed by atoms with Gasteiger partial charge in [0, 0.05) is 19.0 Å². The fourth-order valence-electron chi connectivity index (χ4n) is 3.63.